The molecule has 0 saturated heterocycles. The van der Waals surface area contributed by atoms with E-state index < -0.39 is 30.0 Å². The van der Waals surface area contributed by atoms with Crippen molar-refractivity contribution in [2.24, 2.45) is 0 Å². The smallest absolute Gasteiger partial charge is 0.353 e. The number of aryl methyl sites for hydroxylation is 1. The number of likely N-dealkylation sites (N-methyl/N-ethyl adjacent to an activating group) is 2. The van der Waals surface area contributed by atoms with Crippen molar-refractivity contribution < 1.29 is 36.7 Å². The highest BCUT2D eigenvalue weighted by molar-refractivity contribution is 6.30. The summed E-state index contributed by atoms with van der Waals surface area (Å²) in [6.07, 6.45) is 5.58. The number of hydrogen-bond donors (Lipinski definition) is 4. The normalized spacial score (nSPS) is 20.6. The number of carbonyl (C=O) groups excluding carboxylic acids is 4. The van der Waals surface area contributed by atoms with Crippen molar-refractivity contribution in [2.75, 3.05) is 28.2 Å². The lowest BCUT2D eigenvalue weighted by molar-refractivity contribution is -0.138. The standard InChI is InChI=1S/C28H38ClN3O2.C28H35F4N3O2/c1-4-25(22-10-6-5-7-11-22)31-27(34)14-13-26(33)30-24-15-17-28(18-16-24,32(2)3)20-21-9-8-12-23(29)19-21;1-19-5-4-6-20(15-19)17-27(35(2)3)13-11-23(12-14-27)34-26(37)10-9-25(36)33-18-21-7-8-22(29)16-24(21)28(30,31)32/h5-12,19,24-25H,4,13-18,20H2,1-3H3,(H,30,33)(H,31,34);4-8,15-16,23H,9-14,17-18H2,1-3H3,(H,33,36)(H,34,37). The maximum Gasteiger partial charge on any atom is 0.416 e. The van der Waals surface area contributed by atoms with E-state index in [-0.39, 0.29) is 78.2 Å². The van der Waals surface area contributed by atoms with Crippen molar-refractivity contribution in [3.05, 3.63) is 141 Å². The molecule has 2 aliphatic carbocycles. The highest BCUT2D eigenvalue weighted by Gasteiger charge is 2.39. The van der Waals surface area contributed by atoms with Crippen molar-refractivity contribution in [2.45, 2.75) is 152 Å². The summed E-state index contributed by atoms with van der Waals surface area (Å²) in [5.41, 5.74) is 3.59. The van der Waals surface area contributed by atoms with Crippen LogP contribution < -0.4 is 21.3 Å². The number of nitrogens with one attached hydrogen (secondary N) is 4. The van der Waals surface area contributed by atoms with Gasteiger partial charge in [0, 0.05) is 60.4 Å². The lowest BCUT2D eigenvalue weighted by atomic mass is 9.74. The molecule has 4 amide bonds. The number of hydrogen-bond acceptors (Lipinski definition) is 6. The zero-order chi connectivity index (χ0) is 51.8. The predicted molar refractivity (Wildman–Crippen MR) is 273 cm³/mol. The van der Waals surface area contributed by atoms with Gasteiger partial charge in [0.05, 0.1) is 11.6 Å². The quantitative estimate of drug-likeness (QED) is 0.0694. The Labute approximate surface area is 423 Å². The molecule has 0 aromatic heterocycles. The number of benzene rings is 4. The van der Waals surface area contributed by atoms with Crippen LogP contribution >= 0.6 is 11.6 Å². The van der Waals surface area contributed by atoms with Crippen LogP contribution in [0.15, 0.2) is 97.1 Å². The van der Waals surface area contributed by atoms with Gasteiger partial charge < -0.3 is 31.1 Å². The zero-order valence-electron chi connectivity index (χ0n) is 42.2. The SMILES string of the molecule is CCC(NC(=O)CCC(=O)NC1CCC(Cc2cccc(Cl)c2)(N(C)C)CC1)c1ccccc1.Cc1cccc(CC2(N(C)C)CCC(NC(=O)CCC(=O)NCc3ccc(F)cc3C(F)(F)F)CC2)c1. The van der Waals surface area contributed by atoms with E-state index in [2.05, 4.69) is 96.5 Å². The third-order valence-electron chi connectivity index (χ3n) is 14.5. The van der Waals surface area contributed by atoms with Gasteiger partial charge in [-0.15, -0.1) is 0 Å². The van der Waals surface area contributed by atoms with Crippen LogP contribution in [-0.4, -0.2) is 84.8 Å². The van der Waals surface area contributed by atoms with Gasteiger partial charge in [-0.3, -0.25) is 19.2 Å². The first-order valence-corrected chi connectivity index (χ1v) is 25.3. The highest BCUT2D eigenvalue weighted by Crippen LogP contribution is 2.38. The van der Waals surface area contributed by atoms with Gasteiger partial charge in [0.1, 0.15) is 5.82 Å². The highest BCUT2D eigenvalue weighted by atomic mass is 35.5. The Balaban J connectivity index is 0.000000265. The maximum atomic E-state index is 13.2. The minimum atomic E-state index is -4.73. The van der Waals surface area contributed by atoms with Crippen LogP contribution in [0, 0.1) is 12.7 Å². The molecule has 4 aromatic rings. The topological polar surface area (TPSA) is 123 Å². The summed E-state index contributed by atoms with van der Waals surface area (Å²) in [6.45, 7) is 3.74. The lowest BCUT2D eigenvalue weighted by Crippen LogP contribution is -2.52. The molecule has 386 valence electrons. The van der Waals surface area contributed by atoms with Crippen molar-refractivity contribution >= 4 is 35.2 Å². The fourth-order valence-corrected chi connectivity index (χ4v) is 10.3. The van der Waals surface area contributed by atoms with E-state index in [9.17, 15) is 36.7 Å². The maximum absolute atomic E-state index is 13.2. The summed E-state index contributed by atoms with van der Waals surface area (Å²) < 4.78 is 52.6. The van der Waals surface area contributed by atoms with Crippen molar-refractivity contribution in [1.82, 2.24) is 31.1 Å². The van der Waals surface area contributed by atoms with E-state index in [0.717, 1.165) is 93.3 Å². The molecule has 0 heterocycles. The molecule has 1 atom stereocenters. The summed E-state index contributed by atoms with van der Waals surface area (Å²) >= 11 is 6.20. The first-order valence-electron chi connectivity index (χ1n) is 24.9. The zero-order valence-corrected chi connectivity index (χ0v) is 43.0. The van der Waals surface area contributed by atoms with Gasteiger partial charge in [0.2, 0.25) is 23.6 Å². The molecule has 15 heteroatoms. The Morgan fingerprint density at radius 1 is 0.662 bits per heavy atom. The third-order valence-corrected chi connectivity index (χ3v) is 14.7. The minimum Gasteiger partial charge on any atom is -0.353 e. The molecule has 0 radical (unpaired) electrons. The summed E-state index contributed by atoms with van der Waals surface area (Å²) in [7, 11) is 8.47. The van der Waals surface area contributed by atoms with E-state index in [1.165, 1.54) is 16.7 Å². The number of rotatable bonds is 19. The Morgan fingerprint density at radius 2 is 1.17 bits per heavy atom. The van der Waals surface area contributed by atoms with Crippen LogP contribution in [0.25, 0.3) is 0 Å². The van der Waals surface area contributed by atoms with Crippen molar-refractivity contribution in [3.8, 4) is 0 Å². The van der Waals surface area contributed by atoms with Crippen LogP contribution in [0.4, 0.5) is 17.6 Å². The van der Waals surface area contributed by atoms with Crippen LogP contribution in [-0.2, 0) is 44.7 Å². The summed E-state index contributed by atoms with van der Waals surface area (Å²) in [4.78, 5) is 54.2. The molecule has 0 bridgehead atoms. The molecule has 2 saturated carbocycles. The van der Waals surface area contributed by atoms with E-state index in [1.54, 1.807) is 0 Å². The van der Waals surface area contributed by atoms with Gasteiger partial charge in [0.25, 0.3) is 0 Å². The van der Waals surface area contributed by atoms with Crippen LogP contribution in [0.2, 0.25) is 5.02 Å². The van der Waals surface area contributed by atoms with E-state index in [0.29, 0.717) is 6.07 Å². The Kier molecular flexibility index (Phi) is 21.0. The molecule has 6 rings (SSSR count). The number of amides is 4. The summed E-state index contributed by atoms with van der Waals surface area (Å²) in [5, 5.41) is 12.4. The van der Waals surface area contributed by atoms with Crippen molar-refractivity contribution in [1.29, 1.82) is 0 Å². The molecule has 10 nitrogen and oxygen atoms in total. The van der Waals surface area contributed by atoms with Crippen LogP contribution in [0.5, 0.6) is 0 Å². The fourth-order valence-electron chi connectivity index (χ4n) is 10.1. The molecular formula is C56H73ClF4N6O4. The predicted octanol–water partition coefficient (Wildman–Crippen LogP) is 10.4. The van der Waals surface area contributed by atoms with Gasteiger partial charge in [-0.2, -0.15) is 13.2 Å². The number of halogens is 5. The monoisotopic (exact) mass is 1000 g/mol. The Hall–Kier alpha value is -5.31. The molecule has 2 fully saturated rings. The van der Waals surface area contributed by atoms with E-state index >= 15 is 0 Å². The second-order valence-electron chi connectivity index (χ2n) is 19.9. The van der Waals surface area contributed by atoms with Crippen LogP contribution in [0.3, 0.4) is 0 Å². The number of alkyl halides is 3. The minimum absolute atomic E-state index is 0.0184. The molecule has 0 aliphatic heterocycles. The molecule has 4 aromatic carbocycles. The third kappa shape index (κ3) is 17.5. The Bertz CT molecular complexity index is 2360. The van der Waals surface area contributed by atoms with Gasteiger partial charge in [-0.05, 0) is 152 Å². The second kappa shape index (κ2) is 26.4. The number of nitrogens with zero attached hydrogens (tertiary/aromatic N) is 2. The van der Waals surface area contributed by atoms with E-state index in [1.807, 2.05) is 55.5 Å². The molecule has 1 unspecified atom stereocenters. The average Bonchev–Trinajstić information content (AvgIpc) is 3.33. The largest absolute Gasteiger partial charge is 0.416 e. The first kappa shape index (κ1) is 56.6. The van der Waals surface area contributed by atoms with E-state index in [4.69, 9.17) is 11.6 Å². The number of carbonyl (C=O) groups is 4. The molecular weight excluding hydrogens is 932 g/mol. The summed E-state index contributed by atoms with van der Waals surface area (Å²) in [5.74, 6) is -1.92. The molecule has 4 N–H and O–H groups in total. The van der Waals surface area contributed by atoms with Crippen LogP contribution in [0.1, 0.15) is 130 Å². The molecule has 71 heavy (non-hydrogen) atoms. The molecule has 0 spiro atoms. The second-order valence-corrected chi connectivity index (χ2v) is 20.3. The average molecular weight is 1010 g/mol. The van der Waals surface area contributed by atoms with Gasteiger partial charge in [0.15, 0.2) is 0 Å². The molecule has 2 aliphatic rings. The van der Waals surface area contributed by atoms with Gasteiger partial charge in [-0.1, -0.05) is 96.9 Å². The fraction of sp³-hybridized carbons (Fsp3) is 0.500. The summed E-state index contributed by atoms with van der Waals surface area (Å²) in [6, 6.07) is 29.1. The Morgan fingerprint density at radius 3 is 1.66 bits per heavy atom. The lowest BCUT2D eigenvalue weighted by Gasteiger charge is -2.45. The van der Waals surface area contributed by atoms with Gasteiger partial charge >= 0.3 is 6.18 Å². The van der Waals surface area contributed by atoms with Crippen molar-refractivity contribution in [3.63, 3.8) is 0 Å². The van der Waals surface area contributed by atoms with Gasteiger partial charge in [-0.25, -0.2) is 4.39 Å². The first-order chi connectivity index (χ1) is 33.7.